The van der Waals surface area contributed by atoms with Gasteiger partial charge in [-0.05, 0) is 18.6 Å². The Bertz CT molecular complexity index is 689. The Kier molecular flexibility index (Phi) is 5.41. The second-order valence-corrected chi connectivity index (χ2v) is 7.72. The van der Waals surface area contributed by atoms with Crippen molar-refractivity contribution in [2.24, 2.45) is 0 Å². The Balaban J connectivity index is 1.58. The lowest BCUT2D eigenvalue weighted by atomic mass is 10.2. The van der Waals surface area contributed by atoms with Crippen molar-refractivity contribution in [3.63, 3.8) is 0 Å². The fourth-order valence-electron chi connectivity index (χ4n) is 2.26. The lowest BCUT2D eigenvalue weighted by molar-refractivity contribution is -0.142. The molecule has 2 atom stereocenters. The standard InChI is InChI=1S/C18H17NO2S2/c1-13(15-8-5-9-19-11-15)21-17(20)10-18-22-12-16(23-18)14-6-3-2-4-7-14/h2-11,13,16H,12H2,1H3. The molecular weight excluding hydrogens is 326 g/mol. The fraction of sp³-hybridized carbons (Fsp3) is 0.222. The molecule has 0 amide bonds. The molecule has 5 heteroatoms. The average molecular weight is 343 g/mol. The third-order valence-electron chi connectivity index (χ3n) is 3.49. The molecule has 0 aliphatic carbocycles. The molecular formula is C18H17NO2S2. The van der Waals surface area contributed by atoms with Crippen molar-refractivity contribution in [1.82, 2.24) is 4.98 Å². The minimum absolute atomic E-state index is 0.297. The van der Waals surface area contributed by atoms with Gasteiger partial charge in [0.2, 0.25) is 0 Å². The highest BCUT2D eigenvalue weighted by Crippen LogP contribution is 2.49. The molecule has 3 rings (SSSR count). The van der Waals surface area contributed by atoms with Gasteiger partial charge in [-0.25, -0.2) is 4.79 Å². The summed E-state index contributed by atoms with van der Waals surface area (Å²) >= 11 is 3.43. The van der Waals surface area contributed by atoms with Crippen LogP contribution >= 0.6 is 23.5 Å². The normalized spacial score (nSPS) is 20.4. The largest absolute Gasteiger partial charge is 0.455 e. The Morgan fingerprint density at radius 2 is 2.13 bits per heavy atom. The molecule has 2 aromatic rings. The van der Waals surface area contributed by atoms with E-state index in [1.807, 2.05) is 37.3 Å². The minimum Gasteiger partial charge on any atom is -0.455 e. The van der Waals surface area contributed by atoms with E-state index < -0.39 is 0 Å². The highest BCUT2D eigenvalue weighted by atomic mass is 32.2. The lowest BCUT2D eigenvalue weighted by Gasteiger charge is -2.11. The van der Waals surface area contributed by atoms with Crippen LogP contribution in [0.15, 0.2) is 65.2 Å². The molecule has 1 saturated heterocycles. The summed E-state index contributed by atoms with van der Waals surface area (Å²) in [5.74, 6) is 0.677. The average Bonchev–Trinajstić information content (AvgIpc) is 3.04. The Morgan fingerprint density at radius 3 is 2.87 bits per heavy atom. The van der Waals surface area contributed by atoms with Crippen LogP contribution in [-0.2, 0) is 9.53 Å². The second kappa shape index (κ2) is 7.70. The van der Waals surface area contributed by atoms with Gasteiger partial charge in [0.1, 0.15) is 6.10 Å². The molecule has 3 nitrogen and oxygen atoms in total. The Hall–Kier alpha value is -1.72. The number of carbonyl (C=O) groups excluding carboxylic acids is 1. The predicted octanol–water partition coefficient (Wildman–Crippen LogP) is 4.75. The van der Waals surface area contributed by atoms with E-state index in [-0.39, 0.29) is 12.1 Å². The van der Waals surface area contributed by atoms with Gasteiger partial charge in [-0.2, -0.15) is 0 Å². The van der Waals surface area contributed by atoms with Crippen LogP contribution in [0.1, 0.15) is 29.4 Å². The molecule has 0 N–H and O–H groups in total. The molecule has 0 bridgehead atoms. The first-order chi connectivity index (χ1) is 11.2. The van der Waals surface area contributed by atoms with E-state index in [4.69, 9.17) is 4.74 Å². The van der Waals surface area contributed by atoms with Crippen molar-refractivity contribution in [3.05, 3.63) is 76.3 Å². The maximum Gasteiger partial charge on any atom is 0.333 e. The SMILES string of the molecule is CC(OC(=O)C=C1SCC(c2ccccc2)S1)c1cccnc1. The van der Waals surface area contributed by atoms with Crippen LogP contribution in [0.4, 0.5) is 0 Å². The smallest absolute Gasteiger partial charge is 0.333 e. The number of nitrogens with zero attached hydrogens (tertiary/aromatic N) is 1. The maximum atomic E-state index is 12.1. The minimum atomic E-state index is -0.301. The first kappa shape index (κ1) is 16.1. The number of hydrogen-bond donors (Lipinski definition) is 0. The van der Waals surface area contributed by atoms with Crippen LogP contribution in [0.2, 0.25) is 0 Å². The van der Waals surface area contributed by atoms with Crippen molar-refractivity contribution in [2.45, 2.75) is 18.3 Å². The summed E-state index contributed by atoms with van der Waals surface area (Å²) < 4.78 is 6.47. The quantitative estimate of drug-likeness (QED) is 0.592. The van der Waals surface area contributed by atoms with Gasteiger partial charge in [0, 0.05) is 39.3 Å². The van der Waals surface area contributed by atoms with Crippen molar-refractivity contribution in [2.75, 3.05) is 5.75 Å². The Morgan fingerprint density at radius 1 is 1.30 bits per heavy atom. The lowest BCUT2D eigenvalue weighted by Crippen LogP contribution is -2.06. The number of ether oxygens (including phenoxy) is 1. The number of pyridine rings is 1. The van der Waals surface area contributed by atoms with Crippen molar-refractivity contribution < 1.29 is 9.53 Å². The van der Waals surface area contributed by atoms with Gasteiger partial charge in [0.25, 0.3) is 0 Å². The van der Waals surface area contributed by atoms with E-state index in [2.05, 4.69) is 17.1 Å². The number of benzene rings is 1. The number of esters is 1. The summed E-state index contributed by atoms with van der Waals surface area (Å²) in [4.78, 5) is 16.1. The number of carbonyl (C=O) groups is 1. The van der Waals surface area contributed by atoms with Gasteiger partial charge in [-0.3, -0.25) is 4.98 Å². The van der Waals surface area contributed by atoms with Crippen molar-refractivity contribution in [1.29, 1.82) is 0 Å². The van der Waals surface area contributed by atoms with Gasteiger partial charge in [0.15, 0.2) is 0 Å². The summed E-state index contributed by atoms with van der Waals surface area (Å²) in [6.45, 7) is 1.86. The zero-order valence-electron chi connectivity index (χ0n) is 12.7. The zero-order chi connectivity index (χ0) is 16.1. The van der Waals surface area contributed by atoms with Crippen LogP contribution in [-0.4, -0.2) is 16.7 Å². The predicted molar refractivity (Wildman–Crippen MR) is 96.1 cm³/mol. The molecule has 0 spiro atoms. The summed E-state index contributed by atoms with van der Waals surface area (Å²) in [5, 5.41) is 0.399. The topological polar surface area (TPSA) is 39.2 Å². The third-order valence-corrected chi connectivity index (χ3v) is 6.32. The Labute approximate surface area is 144 Å². The first-order valence-corrected chi connectivity index (χ1v) is 9.25. The summed E-state index contributed by atoms with van der Waals surface area (Å²) in [5.41, 5.74) is 2.19. The van der Waals surface area contributed by atoms with Gasteiger partial charge >= 0.3 is 5.97 Å². The molecule has 118 valence electrons. The van der Waals surface area contributed by atoms with E-state index in [0.717, 1.165) is 15.6 Å². The molecule has 2 heterocycles. The molecule has 0 saturated carbocycles. The molecule has 2 unspecified atom stereocenters. The zero-order valence-corrected chi connectivity index (χ0v) is 14.3. The summed E-state index contributed by atoms with van der Waals surface area (Å²) in [6.07, 6.45) is 4.73. The highest BCUT2D eigenvalue weighted by Gasteiger charge is 2.23. The molecule has 1 aromatic heterocycles. The van der Waals surface area contributed by atoms with Gasteiger partial charge in [-0.15, -0.1) is 23.5 Å². The molecule has 1 aliphatic rings. The van der Waals surface area contributed by atoms with E-state index in [1.165, 1.54) is 5.56 Å². The highest BCUT2D eigenvalue weighted by molar-refractivity contribution is 8.25. The maximum absolute atomic E-state index is 12.1. The number of rotatable bonds is 4. The van der Waals surface area contributed by atoms with Crippen LogP contribution in [0.25, 0.3) is 0 Å². The van der Waals surface area contributed by atoms with Crippen LogP contribution < -0.4 is 0 Å². The number of aromatic nitrogens is 1. The molecule has 0 radical (unpaired) electrons. The fourth-order valence-corrected chi connectivity index (χ4v) is 4.99. The van der Waals surface area contributed by atoms with E-state index >= 15 is 0 Å². The van der Waals surface area contributed by atoms with E-state index in [1.54, 1.807) is 42.0 Å². The van der Waals surface area contributed by atoms with E-state index in [9.17, 15) is 4.79 Å². The van der Waals surface area contributed by atoms with Gasteiger partial charge in [-0.1, -0.05) is 36.4 Å². The first-order valence-electron chi connectivity index (χ1n) is 7.39. The monoisotopic (exact) mass is 343 g/mol. The molecule has 1 aromatic carbocycles. The van der Waals surface area contributed by atoms with Crippen LogP contribution in [0.3, 0.4) is 0 Å². The summed E-state index contributed by atoms with van der Waals surface area (Å²) in [7, 11) is 0. The molecule has 1 aliphatic heterocycles. The van der Waals surface area contributed by atoms with Gasteiger partial charge in [0.05, 0.1) is 0 Å². The van der Waals surface area contributed by atoms with Gasteiger partial charge < -0.3 is 4.74 Å². The summed E-state index contributed by atoms with van der Waals surface area (Å²) in [6, 6.07) is 14.1. The number of hydrogen-bond acceptors (Lipinski definition) is 5. The second-order valence-electron chi connectivity index (χ2n) is 5.16. The van der Waals surface area contributed by atoms with Crippen LogP contribution in [0.5, 0.6) is 0 Å². The third kappa shape index (κ3) is 4.39. The number of thioether (sulfide) groups is 2. The molecule has 1 fully saturated rings. The molecule has 23 heavy (non-hydrogen) atoms. The van der Waals surface area contributed by atoms with Crippen LogP contribution in [0, 0.1) is 0 Å². The van der Waals surface area contributed by atoms with Crippen molar-refractivity contribution in [3.8, 4) is 0 Å². The van der Waals surface area contributed by atoms with Crippen molar-refractivity contribution >= 4 is 29.5 Å². The van der Waals surface area contributed by atoms with E-state index in [0.29, 0.717) is 5.25 Å².